The highest BCUT2D eigenvalue weighted by atomic mass is 16.2. The molecule has 0 spiro atoms. The van der Waals surface area contributed by atoms with Gasteiger partial charge in [0.15, 0.2) is 0 Å². The third kappa shape index (κ3) is 3.68. The highest BCUT2D eigenvalue weighted by molar-refractivity contribution is 5.82. The Labute approximate surface area is 133 Å². The molecule has 2 aliphatic rings. The maximum atomic E-state index is 12.5. The van der Waals surface area contributed by atoms with E-state index in [9.17, 15) is 4.79 Å². The first-order valence-electron chi connectivity index (χ1n) is 8.50. The molecule has 120 valence electrons. The summed E-state index contributed by atoms with van der Waals surface area (Å²) in [6, 6.07) is 11.1. The predicted molar refractivity (Wildman–Crippen MR) is 88.5 cm³/mol. The average Bonchev–Trinajstić information content (AvgIpc) is 3.10. The maximum Gasteiger partial charge on any atom is 0.239 e. The Morgan fingerprint density at radius 2 is 1.95 bits per heavy atom. The van der Waals surface area contributed by atoms with E-state index in [1.165, 1.54) is 5.56 Å². The molecule has 0 aliphatic carbocycles. The lowest BCUT2D eigenvalue weighted by Gasteiger charge is -2.37. The van der Waals surface area contributed by atoms with Crippen LogP contribution in [0.4, 0.5) is 0 Å². The summed E-state index contributed by atoms with van der Waals surface area (Å²) in [5.41, 5.74) is 1.38. The van der Waals surface area contributed by atoms with Crippen molar-refractivity contribution in [1.82, 2.24) is 15.1 Å². The third-order valence-corrected chi connectivity index (χ3v) is 5.06. The van der Waals surface area contributed by atoms with E-state index in [4.69, 9.17) is 0 Å². The molecular formula is C18H27N3O. The quantitative estimate of drug-likeness (QED) is 0.922. The summed E-state index contributed by atoms with van der Waals surface area (Å²) in [6.45, 7) is 4.17. The lowest BCUT2D eigenvalue weighted by atomic mass is 10.0. The maximum absolute atomic E-state index is 12.5. The molecule has 0 saturated carbocycles. The number of amides is 1. The molecule has 0 aromatic heterocycles. The minimum Gasteiger partial charge on any atom is -0.341 e. The summed E-state index contributed by atoms with van der Waals surface area (Å²) in [4.78, 5) is 17.0. The van der Waals surface area contributed by atoms with E-state index >= 15 is 0 Å². The Morgan fingerprint density at radius 1 is 1.23 bits per heavy atom. The molecule has 1 N–H and O–H groups in total. The Hall–Kier alpha value is -1.39. The summed E-state index contributed by atoms with van der Waals surface area (Å²) in [5.74, 6) is 0.291. The fraction of sp³-hybridized carbons (Fsp3) is 0.611. The molecule has 2 saturated heterocycles. The normalized spacial score (nSPS) is 23.6. The zero-order chi connectivity index (χ0) is 15.4. The molecular weight excluding hydrogens is 274 g/mol. The Bertz CT molecular complexity index is 476. The Morgan fingerprint density at radius 3 is 2.59 bits per heavy atom. The molecule has 4 nitrogen and oxygen atoms in total. The number of carbonyl (C=O) groups is 1. The Balaban J connectivity index is 1.47. The van der Waals surface area contributed by atoms with Gasteiger partial charge in [0.05, 0.1) is 6.04 Å². The second-order valence-corrected chi connectivity index (χ2v) is 6.59. The monoisotopic (exact) mass is 301 g/mol. The largest absolute Gasteiger partial charge is 0.341 e. The van der Waals surface area contributed by atoms with Gasteiger partial charge in [0.1, 0.15) is 0 Å². The topological polar surface area (TPSA) is 35.6 Å². The van der Waals surface area contributed by atoms with Gasteiger partial charge in [-0.15, -0.1) is 0 Å². The lowest BCUT2D eigenvalue weighted by molar-refractivity contribution is -0.134. The number of nitrogens with one attached hydrogen (secondary N) is 1. The molecule has 1 aromatic rings. The predicted octanol–water partition coefficient (Wildman–Crippen LogP) is 1.86. The van der Waals surface area contributed by atoms with E-state index < -0.39 is 0 Å². The van der Waals surface area contributed by atoms with Crippen molar-refractivity contribution in [1.29, 1.82) is 0 Å². The van der Waals surface area contributed by atoms with Crippen LogP contribution < -0.4 is 5.32 Å². The SMILES string of the molecule is CN(C(=O)[C@@H]1CCCN1)C1CCN(Cc2ccccc2)CC1. The summed E-state index contributed by atoms with van der Waals surface area (Å²) < 4.78 is 0. The molecule has 1 atom stereocenters. The van der Waals surface area contributed by atoms with Crippen molar-refractivity contribution in [3.8, 4) is 0 Å². The van der Waals surface area contributed by atoms with Gasteiger partial charge in [-0.2, -0.15) is 0 Å². The number of likely N-dealkylation sites (tertiary alicyclic amines) is 1. The van der Waals surface area contributed by atoms with E-state index in [0.29, 0.717) is 11.9 Å². The first-order chi connectivity index (χ1) is 10.7. The van der Waals surface area contributed by atoms with Crippen LogP contribution in [0, 0.1) is 0 Å². The fourth-order valence-corrected chi connectivity index (χ4v) is 3.63. The number of piperidine rings is 1. The fourth-order valence-electron chi connectivity index (χ4n) is 3.63. The molecule has 2 heterocycles. The van der Waals surface area contributed by atoms with Gasteiger partial charge in [-0.25, -0.2) is 0 Å². The van der Waals surface area contributed by atoms with Gasteiger partial charge in [0, 0.05) is 32.7 Å². The highest BCUT2D eigenvalue weighted by Crippen LogP contribution is 2.19. The summed E-state index contributed by atoms with van der Waals surface area (Å²) in [6.07, 6.45) is 4.29. The van der Waals surface area contributed by atoms with Gasteiger partial charge in [-0.1, -0.05) is 30.3 Å². The average molecular weight is 301 g/mol. The van der Waals surface area contributed by atoms with Crippen LogP contribution in [0.3, 0.4) is 0 Å². The zero-order valence-corrected chi connectivity index (χ0v) is 13.5. The summed E-state index contributed by atoms with van der Waals surface area (Å²) >= 11 is 0. The van der Waals surface area contributed by atoms with E-state index in [1.54, 1.807) is 0 Å². The van der Waals surface area contributed by atoms with Crippen molar-refractivity contribution < 1.29 is 4.79 Å². The van der Waals surface area contributed by atoms with Crippen LogP contribution in [0.2, 0.25) is 0 Å². The van der Waals surface area contributed by atoms with Crippen LogP contribution in [0.5, 0.6) is 0 Å². The third-order valence-electron chi connectivity index (χ3n) is 5.06. The minimum atomic E-state index is 0.0624. The standard InChI is InChI=1S/C18H27N3O/c1-20(18(22)17-8-5-11-19-17)16-9-12-21(13-10-16)14-15-6-3-2-4-7-15/h2-4,6-7,16-17,19H,5,8-14H2,1H3/t17-/m0/s1. The number of nitrogens with zero attached hydrogens (tertiary/aromatic N) is 2. The van der Waals surface area contributed by atoms with Crippen LogP contribution in [0.1, 0.15) is 31.2 Å². The number of likely N-dealkylation sites (N-methyl/N-ethyl adjacent to an activating group) is 1. The van der Waals surface area contributed by atoms with Gasteiger partial charge in [0.2, 0.25) is 5.91 Å². The second kappa shape index (κ2) is 7.25. The van der Waals surface area contributed by atoms with Gasteiger partial charge in [-0.05, 0) is 37.8 Å². The first-order valence-corrected chi connectivity index (χ1v) is 8.50. The molecule has 2 aliphatic heterocycles. The van der Waals surface area contributed by atoms with Gasteiger partial charge >= 0.3 is 0 Å². The number of benzene rings is 1. The lowest BCUT2D eigenvalue weighted by Crippen LogP contribution is -2.50. The van der Waals surface area contributed by atoms with Gasteiger partial charge in [-0.3, -0.25) is 9.69 Å². The molecule has 0 radical (unpaired) electrons. The molecule has 1 aromatic carbocycles. The smallest absolute Gasteiger partial charge is 0.239 e. The van der Waals surface area contributed by atoms with Crippen LogP contribution in [-0.4, -0.2) is 54.5 Å². The van der Waals surface area contributed by atoms with Crippen molar-refractivity contribution in [3.63, 3.8) is 0 Å². The molecule has 0 bridgehead atoms. The summed E-state index contributed by atoms with van der Waals surface area (Å²) in [7, 11) is 1.99. The number of hydrogen-bond acceptors (Lipinski definition) is 3. The molecule has 3 rings (SSSR count). The van der Waals surface area contributed by atoms with Crippen LogP contribution >= 0.6 is 0 Å². The van der Waals surface area contributed by atoms with Crippen molar-refractivity contribution in [2.45, 2.75) is 44.3 Å². The second-order valence-electron chi connectivity index (χ2n) is 6.59. The molecule has 0 unspecified atom stereocenters. The van der Waals surface area contributed by atoms with Crippen molar-refractivity contribution in [3.05, 3.63) is 35.9 Å². The van der Waals surface area contributed by atoms with Crippen LogP contribution in [0.25, 0.3) is 0 Å². The number of carbonyl (C=O) groups excluding carboxylic acids is 1. The highest BCUT2D eigenvalue weighted by Gasteiger charge is 2.30. The van der Waals surface area contributed by atoms with Gasteiger partial charge < -0.3 is 10.2 Å². The zero-order valence-electron chi connectivity index (χ0n) is 13.5. The Kier molecular flexibility index (Phi) is 5.11. The van der Waals surface area contributed by atoms with Crippen molar-refractivity contribution in [2.24, 2.45) is 0 Å². The first kappa shape index (κ1) is 15.5. The molecule has 4 heteroatoms. The van der Waals surface area contributed by atoms with E-state index in [-0.39, 0.29) is 6.04 Å². The van der Waals surface area contributed by atoms with Crippen LogP contribution in [0.15, 0.2) is 30.3 Å². The molecule has 22 heavy (non-hydrogen) atoms. The molecule has 1 amide bonds. The molecule has 2 fully saturated rings. The number of hydrogen-bond donors (Lipinski definition) is 1. The van der Waals surface area contributed by atoms with Gasteiger partial charge in [0.25, 0.3) is 0 Å². The van der Waals surface area contributed by atoms with Crippen LogP contribution in [-0.2, 0) is 11.3 Å². The van der Waals surface area contributed by atoms with E-state index in [0.717, 1.165) is 51.9 Å². The number of rotatable bonds is 4. The van der Waals surface area contributed by atoms with E-state index in [2.05, 4.69) is 40.5 Å². The summed E-state index contributed by atoms with van der Waals surface area (Å²) in [5, 5.41) is 3.32. The van der Waals surface area contributed by atoms with E-state index in [1.807, 2.05) is 11.9 Å². The minimum absolute atomic E-state index is 0.0624. The van der Waals surface area contributed by atoms with Crippen molar-refractivity contribution >= 4 is 5.91 Å². The van der Waals surface area contributed by atoms with Crippen molar-refractivity contribution in [2.75, 3.05) is 26.7 Å².